The van der Waals surface area contributed by atoms with Crippen LogP contribution in [0.2, 0.25) is 0 Å². The van der Waals surface area contributed by atoms with Crippen LogP contribution in [0.1, 0.15) is 66.8 Å². The van der Waals surface area contributed by atoms with Crippen molar-refractivity contribution in [2.75, 3.05) is 0 Å². The third-order valence-electron chi connectivity index (χ3n) is 6.13. The summed E-state index contributed by atoms with van der Waals surface area (Å²) in [5, 5.41) is 1.80. The number of allylic oxidation sites excluding steroid dienone is 1. The molecule has 0 nitrogen and oxygen atoms in total. The van der Waals surface area contributed by atoms with Gasteiger partial charge >= 0.3 is 0 Å². The Hall–Kier alpha value is -2.41. The monoisotopic (exact) mass is 372 g/mol. The minimum absolute atomic E-state index is 0.0153. The van der Waals surface area contributed by atoms with Gasteiger partial charge in [0, 0.05) is 5.39 Å². The quantitative estimate of drug-likeness (QED) is 0.432. The third-order valence-corrected chi connectivity index (χ3v) is 6.13. The molecule has 0 N–H and O–H groups in total. The van der Waals surface area contributed by atoms with Crippen molar-refractivity contribution in [1.29, 1.82) is 0 Å². The first kappa shape index (κ1) is 18.9. The summed E-state index contributed by atoms with van der Waals surface area (Å²) in [4.78, 5) is 0. The van der Waals surface area contributed by atoms with Gasteiger partial charge in [0.1, 0.15) is 5.82 Å². The fourth-order valence-electron chi connectivity index (χ4n) is 4.55. The van der Waals surface area contributed by atoms with Crippen molar-refractivity contribution in [2.24, 2.45) is 0 Å². The zero-order valence-electron chi connectivity index (χ0n) is 17.0. The van der Waals surface area contributed by atoms with E-state index in [0.29, 0.717) is 0 Å². The van der Waals surface area contributed by atoms with E-state index in [1.807, 2.05) is 19.1 Å². The number of benzene rings is 3. The molecule has 144 valence electrons. The highest BCUT2D eigenvalue weighted by atomic mass is 19.1. The lowest BCUT2D eigenvalue weighted by atomic mass is 9.79. The van der Waals surface area contributed by atoms with Crippen LogP contribution in [0.5, 0.6) is 0 Å². The van der Waals surface area contributed by atoms with Crippen molar-refractivity contribution < 1.29 is 4.39 Å². The van der Waals surface area contributed by atoms with E-state index in [1.165, 1.54) is 35.1 Å². The van der Waals surface area contributed by atoms with Crippen molar-refractivity contribution in [3.63, 3.8) is 0 Å². The molecule has 0 saturated heterocycles. The second-order valence-corrected chi connectivity index (χ2v) is 8.10. The Morgan fingerprint density at radius 2 is 1.93 bits per heavy atom. The standard InChI is InChI=1S/C27H29F/c1-3-5-7-20-9-14-25-23(17-20)13-15-26(27(25)28)24-12-11-21-16-19(6-4-2)8-10-22(21)18-24/h4,6,8-10,13-17,24H,3,5,7,11-12,18H2,1-2H3/b6-4+. The largest absolute Gasteiger partial charge is 0.206 e. The van der Waals surface area contributed by atoms with Gasteiger partial charge in [-0.15, -0.1) is 0 Å². The highest BCUT2D eigenvalue weighted by Crippen LogP contribution is 2.36. The molecule has 0 radical (unpaired) electrons. The van der Waals surface area contributed by atoms with Crippen molar-refractivity contribution in [3.05, 3.63) is 88.2 Å². The van der Waals surface area contributed by atoms with Gasteiger partial charge in [-0.25, -0.2) is 4.39 Å². The van der Waals surface area contributed by atoms with Crippen LogP contribution in [0.3, 0.4) is 0 Å². The normalized spacial score (nSPS) is 16.6. The smallest absolute Gasteiger partial charge is 0.134 e. The Kier molecular flexibility index (Phi) is 5.62. The Morgan fingerprint density at radius 1 is 1.04 bits per heavy atom. The van der Waals surface area contributed by atoms with E-state index in [0.717, 1.165) is 42.0 Å². The average Bonchev–Trinajstić information content (AvgIpc) is 2.72. The molecule has 0 spiro atoms. The van der Waals surface area contributed by atoms with Gasteiger partial charge in [0.25, 0.3) is 0 Å². The fraction of sp³-hybridized carbons (Fsp3) is 0.333. The van der Waals surface area contributed by atoms with Gasteiger partial charge in [-0.2, -0.15) is 0 Å². The summed E-state index contributed by atoms with van der Waals surface area (Å²) >= 11 is 0. The van der Waals surface area contributed by atoms with Crippen molar-refractivity contribution in [2.45, 2.75) is 58.3 Å². The zero-order valence-corrected chi connectivity index (χ0v) is 17.0. The fourth-order valence-corrected chi connectivity index (χ4v) is 4.55. The van der Waals surface area contributed by atoms with Crippen LogP contribution in [0, 0.1) is 5.82 Å². The van der Waals surface area contributed by atoms with Gasteiger partial charge in [-0.3, -0.25) is 0 Å². The van der Waals surface area contributed by atoms with Gasteiger partial charge in [0.2, 0.25) is 0 Å². The molecule has 4 rings (SSSR count). The lowest BCUT2D eigenvalue weighted by Gasteiger charge is -2.26. The van der Waals surface area contributed by atoms with E-state index in [4.69, 9.17) is 0 Å². The van der Waals surface area contributed by atoms with E-state index >= 15 is 4.39 Å². The molecule has 0 heterocycles. The Bertz CT molecular complexity index is 1010. The highest BCUT2D eigenvalue weighted by molar-refractivity contribution is 5.84. The van der Waals surface area contributed by atoms with E-state index in [2.05, 4.69) is 55.5 Å². The molecule has 3 aromatic rings. The maximum absolute atomic E-state index is 15.4. The summed E-state index contributed by atoms with van der Waals surface area (Å²) in [5.74, 6) is 0.253. The molecule has 0 aliphatic heterocycles. The topological polar surface area (TPSA) is 0 Å². The first-order valence-corrected chi connectivity index (χ1v) is 10.6. The lowest BCUT2D eigenvalue weighted by molar-refractivity contribution is 0.539. The van der Waals surface area contributed by atoms with Crippen LogP contribution < -0.4 is 0 Å². The van der Waals surface area contributed by atoms with Crippen LogP contribution in [0.4, 0.5) is 4.39 Å². The zero-order chi connectivity index (χ0) is 19.5. The van der Waals surface area contributed by atoms with E-state index in [-0.39, 0.29) is 11.7 Å². The maximum atomic E-state index is 15.4. The number of unbranched alkanes of at least 4 members (excludes halogenated alkanes) is 1. The summed E-state index contributed by atoms with van der Waals surface area (Å²) in [7, 11) is 0. The van der Waals surface area contributed by atoms with Crippen LogP contribution in [0.25, 0.3) is 16.8 Å². The second-order valence-electron chi connectivity index (χ2n) is 8.10. The van der Waals surface area contributed by atoms with Crippen LogP contribution in [0.15, 0.2) is 54.6 Å². The molecule has 28 heavy (non-hydrogen) atoms. The van der Waals surface area contributed by atoms with E-state index in [1.54, 1.807) is 0 Å². The summed E-state index contributed by atoms with van der Waals surface area (Å²) in [6.45, 7) is 4.25. The summed E-state index contributed by atoms with van der Waals surface area (Å²) in [5.41, 5.74) is 6.25. The average molecular weight is 373 g/mol. The molecule has 1 atom stereocenters. The highest BCUT2D eigenvalue weighted by Gasteiger charge is 2.23. The molecule has 1 aliphatic rings. The Morgan fingerprint density at radius 3 is 2.75 bits per heavy atom. The molecule has 1 aliphatic carbocycles. The summed E-state index contributed by atoms with van der Waals surface area (Å²) in [6, 6.07) is 17.1. The number of halogens is 1. The van der Waals surface area contributed by atoms with Gasteiger partial charge in [-0.1, -0.05) is 74.0 Å². The lowest BCUT2D eigenvalue weighted by Crippen LogP contribution is -2.14. The van der Waals surface area contributed by atoms with E-state index in [9.17, 15) is 0 Å². The summed E-state index contributed by atoms with van der Waals surface area (Å²) < 4.78 is 15.4. The predicted molar refractivity (Wildman–Crippen MR) is 118 cm³/mol. The van der Waals surface area contributed by atoms with Gasteiger partial charge in [0.15, 0.2) is 0 Å². The predicted octanol–water partition coefficient (Wildman–Crippen LogP) is 7.63. The van der Waals surface area contributed by atoms with Crippen LogP contribution in [-0.2, 0) is 19.3 Å². The van der Waals surface area contributed by atoms with Crippen molar-refractivity contribution in [3.8, 4) is 0 Å². The number of rotatable bonds is 5. The number of hydrogen-bond donors (Lipinski definition) is 0. The van der Waals surface area contributed by atoms with Crippen LogP contribution >= 0.6 is 0 Å². The number of fused-ring (bicyclic) bond motifs is 2. The molecule has 3 aromatic carbocycles. The molecule has 0 amide bonds. The molecule has 0 fully saturated rings. The molecule has 1 heteroatoms. The Labute approximate surface area is 168 Å². The second kappa shape index (κ2) is 8.31. The van der Waals surface area contributed by atoms with Crippen molar-refractivity contribution in [1.82, 2.24) is 0 Å². The van der Waals surface area contributed by atoms with Crippen molar-refractivity contribution >= 4 is 16.8 Å². The number of aryl methyl sites for hydroxylation is 2. The first-order valence-electron chi connectivity index (χ1n) is 10.6. The first-order chi connectivity index (χ1) is 13.7. The van der Waals surface area contributed by atoms with Gasteiger partial charge < -0.3 is 0 Å². The SMILES string of the molecule is C/C=C/c1ccc2c(c1)CCC(c1ccc3cc(CCCC)ccc3c1F)C2. The summed E-state index contributed by atoms with van der Waals surface area (Å²) in [6.07, 6.45) is 10.6. The molecule has 0 bridgehead atoms. The van der Waals surface area contributed by atoms with Gasteiger partial charge in [0.05, 0.1) is 0 Å². The minimum Gasteiger partial charge on any atom is -0.206 e. The molecule has 0 aromatic heterocycles. The van der Waals surface area contributed by atoms with Crippen LogP contribution in [-0.4, -0.2) is 0 Å². The molecular weight excluding hydrogens is 343 g/mol. The van der Waals surface area contributed by atoms with E-state index < -0.39 is 0 Å². The molecular formula is C27H29F. The molecule has 0 saturated carbocycles. The third kappa shape index (κ3) is 3.76. The Balaban J connectivity index is 1.61. The molecule has 1 unspecified atom stereocenters. The maximum Gasteiger partial charge on any atom is 0.134 e. The van der Waals surface area contributed by atoms with Gasteiger partial charge in [-0.05, 0) is 78.1 Å². The minimum atomic E-state index is -0.0153. The number of hydrogen-bond acceptors (Lipinski definition) is 0.